The molecule has 146 valence electrons. The van der Waals surface area contributed by atoms with Gasteiger partial charge < -0.3 is 20.8 Å². The molecule has 0 aliphatic carbocycles. The predicted octanol–water partition coefficient (Wildman–Crippen LogP) is 3.73. The fraction of sp³-hybridized carbons (Fsp3) is 0.261. The lowest BCUT2D eigenvalue weighted by Gasteiger charge is -2.25. The Morgan fingerprint density at radius 3 is 2.39 bits per heavy atom. The Morgan fingerprint density at radius 1 is 0.964 bits per heavy atom. The molecule has 0 aromatic heterocycles. The summed E-state index contributed by atoms with van der Waals surface area (Å²) in [4.78, 5) is 11.2. The molecule has 3 aromatic carbocycles. The molecule has 0 spiro atoms. The van der Waals surface area contributed by atoms with Gasteiger partial charge in [0.25, 0.3) is 0 Å². The molecular formula is C23H26N2O3. The van der Waals surface area contributed by atoms with Crippen LogP contribution in [-0.4, -0.2) is 35.0 Å². The van der Waals surface area contributed by atoms with E-state index in [9.17, 15) is 9.90 Å². The third kappa shape index (κ3) is 5.09. The average Bonchev–Trinajstić information content (AvgIpc) is 2.71. The molecule has 0 radical (unpaired) electrons. The van der Waals surface area contributed by atoms with Crippen LogP contribution in [0.15, 0.2) is 72.8 Å². The van der Waals surface area contributed by atoms with Gasteiger partial charge in [0.15, 0.2) is 0 Å². The SMILES string of the molecule is C[C@H](NC[C@@H](O)[C@H](Cc1ccccc1)NC(=O)O)c1cccc2ccccc12. The van der Waals surface area contributed by atoms with Gasteiger partial charge in [-0.1, -0.05) is 72.8 Å². The van der Waals surface area contributed by atoms with Gasteiger partial charge in [-0.15, -0.1) is 0 Å². The monoisotopic (exact) mass is 378 g/mol. The molecular weight excluding hydrogens is 352 g/mol. The smallest absolute Gasteiger partial charge is 0.404 e. The minimum atomic E-state index is -1.14. The lowest BCUT2D eigenvalue weighted by atomic mass is 9.98. The summed E-state index contributed by atoms with van der Waals surface area (Å²) >= 11 is 0. The Hall–Kier alpha value is -2.89. The van der Waals surface area contributed by atoms with Crippen LogP contribution in [0.2, 0.25) is 0 Å². The Labute approximate surface area is 165 Å². The van der Waals surface area contributed by atoms with Gasteiger partial charge in [-0.25, -0.2) is 4.79 Å². The first-order valence-electron chi connectivity index (χ1n) is 9.47. The molecule has 28 heavy (non-hydrogen) atoms. The Balaban J connectivity index is 1.67. The van der Waals surface area contributed by atoms with Gasteiger partial charge in [-0.2, -0.15) is 0 Å². The van der Waals surface area contributed by atoms with E-state index in [0.29, 0.717) is 6.42 Å². The summed E-state index contributed by atoms with van der Waals surface area (Å²) < 4.78 is 0. The van der Waals surface area contributed by atoms with Crippen molar-refractivity contribution in [1.82, 2.24) is 10.6 Å². The van der Waals surface area contributed by atoms with Gasteiger partial charge >= 0.3 is 6.09 Å². The van der Waals surface area contributed by atoms with E-state index < -0.39 is 18.2 Å². The van der Waals surface area contributed by atoms with Crippen molar-refractivity contribution in [1.29, 1.82) is 0 Å². The molecule has 0 fully saturated rings. The molecule has 0 unspecified atom stereocenters. The van der Waals surface area contributed by atoms with Crippen molar-refractivity contribution < 1.29 is 15.0 Å². The van der Waals surface area contributed by atoms with Crippen LogP contribution in [-0.2, 0) is 6.42 Å². The van der Waals surface area contributed by atoms with Crippen molar-refractivity contribution in [2.24, 2.45) is 0 Å². The van der Waals surface area contributed by atoms with Crippen LogP contribution in [0.3, 0.4) is 0 Å². The van der Waals surface area contributed by atoms with E-state index in [-0.39, 0.29) is 12.6 Å². The first kappa shape index (κ1) is 19.9. The number of rotatable bonds is 8. The first-order chi connectivity index (χ1) is 13.5. The maximum absolute atomic E-state index is 11.2. The number of hydrogen-bond acceptors (Lipinski definition) is 3. The zero-order chi connectivity index (χ0) is 19.9. The third-order valence-corrected chi connectivity index (χ3v) is 4.99. The number of hydrogen-bond donors (Lipinski definition) is 4. The van der Waals surface area contributed by atoms with E-state index in [1.165, 1.54) is 10.8 Å². The van der Waals surface area contributed by atoms with Crippen molar-refractivity contribution >= 4 is 16.9 Å². The molecule has 0 bridgehead atoms. The lowest BCUT2D eigenvalue weighted by molar-refractivity contribution is 0.115. The highest BCUT2D eigenvalue weighted by atomic mass is 16.4. The molecule has 4 N–H and O–H groups in total. The van der Waals surface area contributed by atoms with Crippen molar-refractivity contribution in [2.75, 3.05) is 6.54 Å². The lowest BCUT2D eigenvalue weighted by Crippen LogP contribution is -2.48. The number of amides is 1. The molecule has 0 saturated heterocycles. The highest BCUT2D eigenvalue weighted by Gasteiger charge is 2.22. The number of aliphatic hydroxyl groups excluding tert-OH is 1. The number of carbonyl (C=O) groups is 1. The molecule has 0 aliphatic heterocycles. The third-order valence-electron chi connectivity index (χ3n) is 4.99. The summed E-state index contributed by atoms with van der Waals surface area (Å²) in [6, 6.07) is 23.4. The Bertz CT molecular complexity index is 909. The second kappa shape index (κ2) is 9.35. The second-order valence-electron chi connectivity index (χ2n) is 7.01. The highest BCUT2D eigenvalue weighted by Crippen LogP contribution is 2.24. The number of benzene rings is 3. The minimum Gasteiger partial charge on any atom is -0.465 e. The normalized spacial score (nSPS) is 14.4. The topological polar surface area (TPSA) is 81.6 Å². The van der Waals surface area contributed by atoms with Gasteiger partial charge in [-0.05, 0) is 35.2 Å². The van der Waals surface area contributed by atoms with Crippen molar-refractivity contribution in [3.63, 3.8) is 0 Å². The fourth-order valence-electron chi connectivity index (χ4n) is 3.49. The predicted molar refractivity (Wildman–Crippen MR) is 111 cm³/mol. The molecule has 3 aromatic rings. The molecule has 0 heterocycles. The van der Waals surface area contributed by atoms with Crippen LogP contribution >= 0.6 is 0 Å². The highest BCUT2D eigenvalue weighted by molar-refractivity contribution is 5.86. The first-order valence-corrected chi connectivity index (χ1v) is 9.47. The maximum atomic E-state index is 11.2. The molecule has 0 aliphatic rings. The van der Waals surface area contributed by atoms with Crippen LogP contribution in [0.5, 0.6) is 0 Å². The number of aliphatic hydroxyl groups is 1. The molecule has 3 atom stereocenters. The van der Waals surface area contributed by atoms with Crippen molar-refractivity contribution in [3.8, 4) is 0 Å². The van der Waals surface area contributed by atoms with E-state index in [1.54, 1.807) is 0 Å². The maximum Gasteiger partial charge on any atom is 0.404 e. The van der Waals surface area contributed by atoms with Gasteiger partial charge in [0, 0.05) is 12.6 Å². The Kier molecular flexibility index (Phi) is 6.63. The quantitative estimate of drug-likeness (QED) is 0.481. The summed E-state index contributed by atoms with van der Waals surface area (Å²) in [5.41, 5.74) is 2.12. The van der Waals surface area contributed by atoms with E-state index in [1.807, 2.05) is 55.5 Å². The number of nitrogens with one attached hydrogen (secondary N) is 2. The second-order valence-corrected chi connectivity index (χ2v) is 7.01. The molecule has 1 amide bonds. The zero-order valence-electron chi connectivity index (χ0n) is 15.9. The van der Waals surface area contributed by atoms with Crippen LogP contribution in [0.1, 0.15) is 24.1 Å². The van der Waals surface area contributed by atoms with Crippen LogP contribution in [0.25, 0.3) is 10.8 Å². The van der Waals surface area contributed by atoms with Gasteiger partial charge in [-0.3, -0.25) is 0 Å². The van der Waals surface area contributed by atoms with Crippen molar-refractivity contribution in [2.45, 2.75) is 31.5 Å². The summed E-state index contributed by atoms with van der Waals surface area (Å²) in [6.45, 7) is 2.33. The average molecular weight is 378 g/mol. The van der Waals surface area contributed by atoms with E-state index in [4.69, 9.17) is 5.11 Å². The molecule has 5 nitrogen and oxygen atoms in total. The zero-order valence-corrected chi connectivity index (χ0v) is 15.9. The fourth-order valence-corrected chi connectivity index (χ4v) is 3.49. The molecule has 5 heteroatoms. The summed E-state index contributed by atoms with van der Waals surface area (Å²) in [6.07, 6.45) is -1.56. The van der Waals surface area contributed by atoms with E-state index >= 15 is 0 Å². The standard InChI is InChI=1S/C23H26N2O3/c1-16(19-13-7-11-18-10-5-6-12-20(18)19)24-15-22(26)21(25-23(27)28)14-17-8-3-2-4-9-17/h2-13,16,21-22,24-26H,14-15H2,1H3,(H,27,28)/t16-,21-,22+/m0/s1. The molecule has 0 saturated carbocycles. The van der Waals surface area contributed by atoms with Crippen LogP contribution in [0, 0.1) is 0 Å². The summed E-state index contributed by atoms with van der Waals surface area (Å²) in [7, 11) is 0. The van der Waals surface area contributed by atoms with Crippen molar-refractivity contribution in [3.05, 3.63) is 83.9 Å². The summed E-state index contributed by atoms with van der Waals surface area (Å²) in [5.74, 6) is 0. The summed E-state index contributed by atoms with van der Waals surface area (Å²) in [5, 5.41) is 27.9. The van der Waals surface area contributed by atoms with Crippen LogP contribution < -0.4 is 10.6 Å². The Morgan fingerprint density at radius 2 is 1.64 bits per heavy atom. The van der Waals surface area contributed by atoms with E-state index in [2.05, 4.69) is 34.9 Å². The van der Waals surface area contributed by atoms with Gasteiger partial charge in [0.1, 0.15) is 0 Å². The van der Waals surface area contributed by atoms with Crippen LogP contribution in [0.4, 0.5) is 4.79 Å². The number of carboxylic acid groups (broad SMARTS) is 1. The minimum absolute atomic E-state index is 0.0166. The van der Waals surface area contributed by atoms with E-state index in [0.717, 1.165) is 11.1 Å². The van der Waals surface area contributed by atoms with Gasteiger partial charge in [0.2, 0.25) is 0 Å². The van der Waals surface area contributed by atoms with Gasteiger partial charge in [0.05, 0.1) is 12.1 Å². The molecule has 3 rings (SSSR count). The largest absolute Gasteiger partial charge is 0.465 e. The number of fused-ring (bicyclic) bond motifs is 1.